The molecule has 1 aliphatic heterocycles. The quantitative estimate of drug-likeness (QED) is 0.786. The number of nitrogens with one attached hydrogen (secondary N) is 2. The normalized spacial score (nSPS) is 18.7. The van der Waals surface area contributed by atoms with E-state index in [0.717, 1.165) is 12.1 Å². The summed E-state index contributed by atoms with van der Waals surface area (Å²) in [5, 5.41) is 10.5. The number of ether oxygens (including phenoxy) is 1. The standard InChI is InChI=1S/C20H27N5O3/c1-5-28-18-8-13(20(27)24(2)3)6-7-17(18)23-19(26)16-11-21-10-15(16)14-9-22-25(4)12-14/h6-9,12,15-16,21H,5,10-11H2,1-4H3,(H,23,26)/t15-,16+/m1/s1. The average Bonchev–Trinajstić information content (AvgIpc) is 3.31. The van der Waals surface area contributed by atoms with Gasteiger partial charge in [-0.15, -0.1) is 0 Å². The molecule has 1 aromatic carbocycles. The zero-order valence-corrected chi connectivity index (χ0v) is 16.7. The molecule has 2 heterocycles. The maximum Gasteiger partial charge on any atom is 0.253 e. The largest absolute Gasteiger partial charge is 0.492 e. The van der Waals surface area contributed by atoms with Crippen molar-refractivity contribution in [3.8, 4) is 5.75 Å². The van der Waals surface area contributed by atoms with Gasteiger partial charge in [0.2, 0.25) is 5.91 Å². The number of benzene rings is 1. The molecule has 1 aromatic heterocycles. The third-order valence-electron chi connectivity index (χ3n) is 4.90. The van der Waals surface area contributed by atoms with E-state index >= 15 is 0 Å². The van der Waals surface area contributed by atoms with Gasteiger partial charge >= 0.3 is 0 Å². The van der Waals surface area contributed by atoms with Crippen molar-refractivity contribution in [2.24, 2.45) is 13.0 Å². The van der Waals surface area contributed by atoms with E-state index in [9.17, 15) is 9.59 Å². The Morgan fingerprint density at radius 3 is 2.79 bits per heavy atom. The van der Waals surface area contributed by atoms with Gasteiger partial charge in [0.25, 0.3) is 5.91 Å². The summed E-state index contributed by atoms with van der Waals surface area (Å²) in [6.07, 6.45) is 3.76. The molecule has 1 fully saturated rings. The van der Waals surface area contributed by atoms with E-state index in [0.29, 0.717) is 30.2 Å². The van der Waals surface area contributed by atoms with Crippen molar-refractivity contribution >= 4 is 17.5 Å². The predicted molar refractivity (Wildman–Crippen MR) is 107 cm³/mol. The van der Waals surface area contributed by atoms with Crippen LogP contribution in [0.4, 0.5) is 5.69 Å². The summed E-state index contributed by atoms with van der Waals surface area (Å²) >= 11 is 0. The predicted octanol–water partition coefficient (Wildman–Crippen LogP) is 1.46. The van der Waals surface area contributed by atoms with E-state index in [1.807, 2.05) is 26.4 Å². The summed E-state index contributed by atoms with van der Waals surface area (Å²) in [6.45, 7) is 3.64. The van der Waals surface area contributed by atoms with Crippen LogP contribution in [0.5, 0.6) is 5.75 Å². The fraction of sp³-hybridized carbons (Fsp3) is 0.450. The molecule has 1 saturated heterocycles. The lowest BCUT2D eigenvalue weighted by Gasteiger charge is -2.19. The number of aromatic nitrogens is 2. The van der Waals surface area contributed by atoms with Crippen molar-refractivity contribution in [3.05, 3.63) is 41.7 Å². The van der Waals surface area contributed by atoms with Gasteiger partial charge in [-0.2, -0.15) is 5.10 Å². The van der Waals surface area contributed by atoms with Crippen LogP contribution in [-0.2, 0) is 11.8 Å². The number of hydrogen-bond acceptors (Lipinski definition) is 5. The highest BCUT2D eigenvalue weighted by atomic mass is 16.5. The minimum absolute atomic E-state index is 0.0684. The molecule has 2 atom stereocenters. The number of amides is 2. The second-order valence-electron chi connectivity index (χ2n) is 7.15. The Morgan fingerprint density at radius 1 is 1.36 bits per heavy atom. The first-order valence-electron chi connectivity index (χ1n) is 9.39. The van der Waals surface area contributed by atoms with Gasteiger partial charge in [0, 0.05) is 51.9 Å². The molecule has 0 aliphatic carbocycles. The molecule has 3 rings (SSSR count). The second kappa shape index (κ2) is 8.43. The SMILES string of the molecule is CCOc1cc(C(=O)N(C)C)ccc1NC(=O)[C@H]1CNC[C@@H]1c1cnn(C)c1. The second-order valence-corrected chi connectivity index (χ2v) is 7.15. The molecule has 2 aromatic rings. The van der Waals surface area contributed by atoms with Crippen LogP contribution in [-0.4, -0.2) is 60.3 Å². The number of anilines is 1. The highest BCUT2D eigenvalue weighted by Crippen LogP contribution is 2.31. The summed E-state index contributed by atoms with van der Waals surface area (Å²) in [5.41, 5.74) is 2.13. The molecular weight excluding hydrogens is 358 g/mol. The average molecular weight is 385 g/mol. The fourth-order valence-electron chi connectivity index (χ4n) is 3.45. The van der Waals surface area contributed by atoms with Crippen LogP contribution >= 0.6 is 0 Å². The lowest BCUT2D eigenvalue weighted by molar-refractivity contribution is -0.119. The summed E-state index contributed by atoms with van der Waals surface area (Å²) in [6, 6.07) is 5.10. The van der Waals surface area contributed by atoms with Gasteiger partial charge < -0.3 is 20.3 Å². The van der Waals surface area contributed by atoms with Crippen molar-refractivity contribution in [2.75, 3.05) is 39.1 Å². The van der Waals surface area contributed by atoms with Crippen LogP contribution < -0.4 is 15.4 Å². The maximum atomic E-state index is 13.0. The third-order valence-corrected chi connectivity index (χ3v) is 4.90. The van der Waals surface area contributed by atoms with Gasteiger partial charge in [-0.05, 0) is 30.7 Å². The molecule has 8 heteroatoms. The van der Waals surface area contributed by atoms with Gasteiger partial charge in [0.15, 0.2) is 0 Å². The van der Waals surface area contributed by atoms with E-state index < -0.39 is 0 Å². The Labute approximate surface area is 164 Å². The number of aryl methyl sites for hydroxylation is 1. The van der Waals surface area contributed by atoms with Crippen molar-refractivity contribution < 1.29 is 14.3 Å². The first kappa shape index (κ1) is 19.9. The van der Waals surface area contributed by atoms with Crippen LogP contribution in [0.25, 0.3) is 0 Å². The lowest BCUT2D eigenvalue weighted by atomic mass is 9.90. The number of nitrogens with zero attached hydrogens (tertiary/aromatic N) is 3. The summed E-state index contributed by atoms with van der Waals surface area (Å²) in [5.74, 6) is 0.162. The minimum atomic E-state index is -0.207. The summed E-state index contributed by atoms with van der Waals surface area (Å²) in [7, 11) is 5.26. The highest BCUT2D eigenvalue weighted by molar-refractivity contribution is 5.98. The summed E-state index contributed by atoms with van der Waals surface area (Å²) in [4.78, 5) is 26.7. The molecule has 2 N–H and O–H groups in total. The number of carbonyl (C=O) groups excluding carboxylic acids is 2. The molecule has 150 valence electrons. The Kier molecular flexibility index (Phi) is 5.99. The Balaban J connectivity index is 1.79. The van der Waals surface area contributed by atoms with Gasteiger partial charge in [0.05, 0.1) is 24.4 Å². The fourth-order valence-corrected chi connectivity index (χ4v) is 3.45. The van der Waals surface area contributed by atoms with Gasteiger partial charge in [-0.3, -0.25) is 14.3 Å². The molecule has 0 bridgehead atoms. The molecule has 0 saturated carbocycles. The van der Waals surface area contributed by atoms with Crippen molar-refractivity contribution in [2.45, 2.75) is 12.8 Å². The molecule has 0 spiro atoms. The minimum Gasteiger partial charge on any atom is -0.492 e. The first-order chi connectivity index (χ1) is 13.4. The maximum absolute atomic E-state index is 13.0. The number of hydrogen-bond donors (Lipinski definition) is 2. The first-order valence-corrected chi connectivity index (χ1v) is 9.39. The van der Waals surface area contributed by atoms with E-state index in [1.165, 1.54) is 4.90 Å². The zero-order valence-electron chi connectivity index (χ0n) is 16.7. The zero-order chi connectivity index (χ0) is 20.3. The van der Waals surface area contributed by atoms with Gasteiger partial charge in [-0.1, -0.05) is 0 Å². The Morgan fingerprint density at radius 2 is 2.14 bits per heavy atom. The molecule has 1 aliphatic rings. The van der Waals surface area contributed by atoms with Crippen molar-refractivity contribution in [1.29, 1.82) is 0 Å². The molecule has 2 amide bonds. The van der Waals surface area contributed by atoms with Crippen molar-refractivity contribution in [3.63, 3.8) is 0 Å². The van der Waals surface area contributed by atoms with Crippen LogP contribution in [0.1, 0.15) is 28.8 Å². The molecule has 0 radical (unpaired) electrons. The lowest BCUT2D eigenvalue weighted by Crippen LogP contribution is -2.28. The third kappa shape index (κ3) is 4.17. The Bertz CT molecular complexity index is 861. The molecule has 28 heavy (non-hydrogen) atoms. The molecule has 8 nitrogen and oxygen atoms in total. The van der Waals surface area contributed by atoms with Crippen LogP contribution in [0.2, 0.25) is 0 Å². The van der Waals surface area contributed by atoms with Crippen molar-refractivity contribution in [1.82, 2.24) is 20.0 Å². The smallest absolute Gasteiger partial charge is 0.253 e. The van der Waals surface area contributed by atoms with E-state index in [1.54, 1.807) is 37.0 Å². The number of carbonyl (C=O) groups is 2. The van der Waals surface area contributed by atoms with Crippen LogP contribution in [0, 0.1) is 5.92 Å². The molecular formula is C20H27N5O3. The van der Waals surface area contributed by atoms with Crippen LogP contribution in [0.15, 0.2) is 30.6 Å². The number of rotatable bonds is 6. The summed E-state index contributed by atoms with van der Waals surface area (Å²) < 4.78 is 7.42. The van der Waals surface area contributed by atoms with Gasteiger partial charge in [0.1, 0.15) is 5.75 Å². The van der Waals surface area contributed by atoms with E-state index in [2.05, 4.69) is 15.7 Å². The monoisotopic (exact) mass is 385 g/mol. The topological polar surface area (TPSA) is 88.5 Å². The van der Waals surface area contributed by atoms with E-state index in [4.69, 9.17) is 4.74 Å². The molecule has 0 unspecified atom stereocenters. The highest BCUT2D eigenvalue weighted by Gasteiger charge is 2.35. The van der Waals surface area contributed by atoms with E-state index in [-0.39, 0.29) is 23.7 Å². The Hall–Kier alpha value is -2.87. The van der Waals surface area contributed by atoms with Crippen LogP contribution in [0.3, 0.4) is 0 Å². The van der Waals surface area contributed by atoms with Gasteiger partial charge in [-0.25, -0.2) is 0 Å².